The molecule has 76 valence electrons. The third-order valence-electron chi connectivity index (χ3n) is 2.27. The maximum Gasteiger partial charge on any atom is 0.140 e. The summed E-state index contributed by atoms with van der Waals surface area (Å²) in [6.45, 7) is 4.05. The topological polar surface area (TPSA) is 17.3 Å². The van der Waals surface area contributed by atoms with Crippen molar-refractivity contribution in [1.82, 2.24) is 9.38 Å². The van der Waals surface area contributed by atoms with E-state index in [4.69, 9.17) is 11.6 Å². The van der Waals surface area contributed by atoms with Gasteiger partial charge < -0.3 is 4.40 Å². The maximum absolute atomic E-state index is 5.84. The standard InChI is InChI=1S/C10H11ClN2.ClH/c1-7-4-3-5-13-9(6-11)8(2)12-10(7)13;/h3-5H,6H2,1-2H3;1H. The lowest BCUT2D eigenvalue weighted by molar-refractivity contribution is 1.07. The molecule has 0 saturated heterocycles. The number of fused-ring (bicyclic) bond motifs is 1. The molecule has 2 heterocycles. The molecule has 0 amide bonds. The number of rotatable bonds is 1. The second-order valence-corrected chi connectivity index (χ2v) is 3.43. The summed E-state index contributed by atoms with van der Waals surface area (Å²) in [5.74, 6) is 0.510. The molecule has 2 nitrogen and oxygen atoms in total. The second-order valence-electron chi connectivity index (χ2n) is 3.16. The Hall–Kier alpha value is -0.730. The molecule has 2 aromatic heterocycles. The van der Waals surface area contributed by atoms with E-state index in [2.05, 4.69) is 22.4 Å². The van der Waals surface area contributed by atoms with Gasteiger partial charge in [0.05, 0.1) is 17.3 Å². The van der Waals surface area contributed by atoms with Crippen LogP contribution in [0.2, 0.25) is 0 Å². The molecule has 0 aliphatic heterocycles. The first-order valence-electron chi connectivity index (χ1n) is 4.23. The fourth-order valence-electron chi connectivity index (χ4n) is 1.53. The normalized spacial score (nSPS) is 10.2. The summed E-state index contributed by atoms with van der Waals surface area (Å²) >= 11 is 5.84. The van der Waals surface area contributed by atoms with Gasteiger partial charge in [-0.05, 0) is 25.5 Å². The van der Waals surface area contributed by atoms with Gasteiger partial charge in [-0.3, -0.25) is 0 Å². The summed E-state index contributed by atoms with van der Waals surface area (Å²) in [6.07, 6.45) is 2.00. The van der Waals surface area contributed by atoms with Gasteiger partial charge in [0.2, 0.25) is 0 Å². The smallest absolute Gasteiger partial charge is 0.140 e. The van der Waals surface area contributed by atoms with E-state index in [1.165, 1.54) is 5.56 Å². The van der Waals surface area contributed by atoms with Gasteiger partial charge in [0.1, 0.15) is 5.65 Å². The van der Waals surface area contributed by atoms with E-state index >= 15 is 0 Å². The van der Waals surface area contributed by atoms with E-state index in [-0.39, 0.29) is 12.4 Å². The van der Waals surface area contributed by atoms with Crippen LogP contribution in [0.3, 0.4) is 0 Å². The van der Waals surface area contributed by atoms with Gasteiger partial charge in [0.15, 0.2) is 0 Å². The summed E-state index contributed by atoms with van der Waals surface area (Å²) in [6, 6.07) is 4.07. The number of aryl methyl sites for hydroxylation is 2. The van der Waals surface area contributed by atoms with Crippen LogP contribution in [0.15, 0.2) is 18.3 Å². The number of alkyl halides is 1. The Morgan fingerprint density at radius 2 is 2.14 bits per heavy atom. The molecule has 0 saturated carbocycles. The average molecular weight is 231 g/mol. The van der Waals surface area contributed by atoms with Gasteiger partial charge in [0, 0.05) is 6.20 Å². The van der Waals surface area contributed by atoms with Crippen LogP contribution in [-0.2, 0) is 5.88 Å². The number of halogens is 2. The number of nitrogens with zero attached hydrogens (tertiary/aromatic N) is 2. The fourth-order valence-corrected chi connectivity index (χ4v) is 1.85. The summed E-state index contributed by atoms with van der Waals surface area (Å²) in [7, 11) is 0. The first-order chi connectivity index (χ1) is 6.24. The highest BCUT2D eigenvalue weighted by atomic mass is 35.5. The van der Waals surface area contributed by atoms with E-state index in [0.29, 0.717) is 5.88 Å². The minimum Gasteiger partial charge on any atom is -0.302 e. The van der Waals surface area contributed by atoms with E-state index < -0.39 is 0 Å². The molecule has 0 unspecified atom stereocenters. The molecule has 4 heteroatoms. The highest BCUT2D eigenvalue weighted by molar-refractivity contribution is 6.17. The van der Waals surface area contributed by atoms with Crippen molar-refractivity contribution in [3.63, 3.8) is 0 Å². The zero-order chi connectivity index (χ0) is 9.42. The molecule has 0 N–H and O–H groups in total. The Bertz CT molecular complexity index is 449. The zero-order valence-electron chi connectivity index (χ0n) is 8.12. The summed E-state index contributed by atoms with van der Waals surface area (Å²) in [5, 5.41) is 0. The molecular formula is C10H12Cl2N2. The molecule has 2 rings (SSSR count). The number of imidazole rings is 1. The van der Waals surface area contributed by atoms with Crippen molar-refractivity contribution in [2.45, 2.75) is 19.7 Å². The van der Waals surface area contributed by atoms with Crippen LogP contribution in [0.1, 0.15) is 17.0 Å². The predicted octanol–water partition coefficient (Wildman–Crippen LogP) is 3.11. The molecule has 0 fully saturated rings. The van der Waals surface area contributed by atoms with Crippen LogP contribution in [0.4, 0.5) is 0 Å². The molecular weight excluding hydrogens is 219 g/mol. The highest BCUT2D eigenvalue weighted by Gasteiger charge is 2.07. The Labute approximate surface area is 94.3 Å². The van der Waals surface area contributed by atoms with Crippen molar-refractivity contribution in [1.29, 1.82) is 0 Å². The molecule has 0 atom stereocenters. The van der Waals surface area contributed by atoms with Gasteiger partial charge >= 0.3 is 0 Å². The lowest BCUT2D eigenvalue weighted by Gasteiger charge is -1.99. The van der Waals surface area contributed by atoms with Crippen LogP contribution in [0.5, 0.6) is 0 Å². The minimum absolute atomic E-state index is 0. The van der Waals surface area contributed by atoms with E-state index in [9.17, 15) is 0 Å². The summed E-state index contributed by atoms with van der Waals surface area (Å²) in [4.78, 5) is 4.46. The molecule has 0 aliphatic rings. The third-order valence-corrected chi connectivity index (χ3v) is 2.52. The van der Waals surface area contributed by atoms with Crippen LogP contribution >= 0.6 is 24.0 Å². The Balaban J connectivity index is 0.000000980. The molecule has 0 radical (unpaired) electrons. The number of aromatic nitrogens is 2. The fraction of sp³-hybridized carbons (Fsp3) is 0.300. The number of pyridine rings is 1. The largest absolute Gasteiger partial charge is 0.302 e. The molecule has 2 aromatic rings. The van der Waals surface area contributed by atoms with Crippen molar-refractivity contribution in [2.24, 2.45) is 0 Å². The van der Waals surface area contributed by atoms with Gasteiger partial charge in [-0.1, -0.05) is 6.07 Å². The van der Waals surface area contributed by atoms with E-state index in [1.54, 1.807) is 0 Å². The van der Waals surface area contributed by atoms with Crippen LogP contribution in [-0.4, -0.2) is 9.38 Å². The molecule has 0 aliphatic carbocycles. The Morgan fingerprint density at radius 1 is 1.43 bits per heavy atom. The van der Waals surface area contributed by atoms with Crippen LogP contribution in [0.25, 0.3) is 5.65 Å². The van der Waals surface area contributed by atoms with Gasteiger partial charge in [-0.25, -0.2) is 4.98 Å². The van der Waals surface area contributed by atoms with Crippen molar-refractivity contribution in [2.75, 3.05) is 0 Å². The SMILES string of the molecule is Cc1nc2c(C)cccn2c1CCl.Cl. The number of hydrogen-bond acceptors (Lipinski definition) is 1. The molecule has 0 aromatic carbocycles. The predicted molar refractivity (Wildman–Crippen MR) is 61.5 cm³/mol. The van der Waals surface area contributed by atoms with E-state index in [1.807, 2.05) is 19.2 Å². The van der Waals surface area contributed by atoms with Crippen molar-refractivity contribution >= 4 is 29.7 Å². The summed E-state index contributed by atoms with van der Waals surface area (Å²) < 4.78 is 2.05. The minimum atomic E-state index is 0. The molecule has 0 bridgehead atoms. The Morgan fingerprint density at radius 3 is 2.79 bits per heavy atom. The quantitative estimate of drug-likeness (QED) is 0.689. The monoisotopic (exact) mass is 230 g/mol. The molecule has 14 heavy (non-hydrogen) atoms. The van der Waals surface area contributed by atoms with Crippen molar-refractivity contribution < 1.29 is 0 Å². The van der Waals surface area contributed by atoms with Gasteiger partial charge in [-0.15, -0.1) is 24.0 Å². The number of hydrogen-bond donors (Lipinski definition) is 0. The highest BCUT2D eigenvalue weighted by Crippen LogP contribution is 2.16. The Kier molecular flexibility index (Phi) is 3.40. The van der Waals surface area contributed by atoms with Crippen LogP contribution in [0, 0.1) is 13.8 Å². The van der Waals surface area contributed by atoms with Crippen molar-refractivity contribution in [3.05, 3.63) is 35.3 Å². The van der Waals surface area contributed by atoms with Crippen molar-refractivity contribution in [3.8, 4) is 0 Å². The third kappa shape index (κ3) is 1.60. The average Bonchev–Trinajstić information content (AvgIpc) is 2.43. The lowest BCUT2D eigenvalue weighted by Crippen LogP contribution is -1.91. The van der Waals surface area contributed by atoms with Crippen LogP contribution < -0.4 is 0 Å². The first-order valence-corrected chi connectivity index (χ1v) is 4.76. The van der Waals surface area contributed by atoms with Gasteiger partial charge in [0.25, 0.3) is 0 Å². The van der Waals surface area contributed by atoms with E-state index in [0.717, 1.165) is 17.0 Å². The first kappa shape index (κ1) is 11.3. The maximum atomic E-state index is 5.84. The summed E-state index contributed by atoms with van der Waals surface area (Å²) in [5.41, 5.74) is 4.29. The van der Waals surface area contributed by atoms with Gasteiger partial charge in [-0.2, -0.15) is 0 Å². The second kappa shape index (κ2) is 4.20. The zero-order valence-corrected chi connectivity index (χ0v) is 9.69. The lowest BCUT2D eigenvalue weighted by atomic mass is 10.3. The molecule has 0 spiro atoms.